The molecular weight excluding hydrogens is 272 g/mol. The normalized spacial score (nSPS) is 12.0. The fraction of sp³-hybridized carbons (Fsp3) is 0.417. The lowest BCUT2D eigenvalue weighted by Crippen LogP contribution is -2.22. The maximum atomic E-state index is 13.6. The van der Waals surface area contributed by atoms with Gasteiger partial charge in [-0.15, -0.1) is 0 Å². The quantitative estimate of drug-likeness (QED) is 0.619. The molecule has 1 unspecified atom stereocenters. The first-order valence-corrected chi connectivity index (χ1v) is 6.01. The molecule has 0 aliphatic heterocycles. The third-order valence-corrected chi connectivity index (χ3v) is 2.77. The van der Waals surface area contributed by atoms with Gasteiger partial charge in [0.1, 0.15) is 5.82 Å². The Morgan fingerprint density at radius 2 is 2.15 bits per heavy atom. The van der Waals surface area contributed by atoms with Crippen LogP contribution in [0.4, 0.5) is 20.2 Å². The van der Waals surface area contributed by atoms with Crippen molar-refractivity contribution in [3.63, 3.8) is 0 Å². The first kappa shape index (κ1) is 16.0. The average molecular weight is 287 g/mol. The van der Waals surface area contributed by atoms with Crippen LogP contribution in [0.2, 0.25) is 0 Å². The van der Waals surface area contributed by atoms with Crippen molar-refractivity contribution in [2.45, 2.75) is 19.8 Å². The first-order valence-electron chi connectivity index (χ1n) is 6.01. The van der Waals surface area contributed by atoms with Crippen molar-refractivity contribution < 1.29 is 18.5 Å². The van der Waals surface area contributed by atoms with E-state index in [9.17, 15) is 23.7 Å². The molecule has 0 radical (unpaired) electrons. The Morgan fingerprint density at radius 3 is 2.70 bits per heavy atom. The molecule has 0 saturated carbocycles. The molecule has 1 rings (SSSR count). The van der Waals surface area contributed by atoms with Crippen LogP contribution >= 0.6 is 0 Å². The van der Waals surface area contributed by atoms with E-state index in [2.05, 4.69) is 5.32 Å². The van der Waals surface area contributed by atoms with E-state index in [0.29, 0.717) is 31.5 Å². The number of carbonyl (C=O) groups is 1. The van der Waals surface area contributed by atoms with E-state index in [4.69, 9.17) is 5.73 Å². The smallest absolute Gasteiger partial charge is 0.298 e. The molecule has 0 spiro atoms. The first-order chi connectivity index (χ1) is 9.36. The van der Waals surface area contributed by atoms with Crippen molar-refractivity contribution in [1.29, 1.82) is 0 Å². The summed E-state index contributed by atoms with van der Waals surface area (Å²) < 4.78 is 26.5. The number of nitrogens with zero attached hydrogens (tertiary/aromatic N) is 1. The van der Waals surface area contributed by atoms with Gasteiger partial charge in [0.25, 0.3) is 5.69 Å². The van der Waals surface area contributed by atoms with Crippen molar-refractivity contribution in [1.82, 2.24) is 0 Å². The van der Waals surface area contributed by atoms with Crippen LogP contribution in [-0.4, -0.2) is 17.4 Å². The second kappa shape index (κ2) is 6.90. The van der Waals surface area contributed by atoms with Gasteiger partial charge < -0.3 is 11.1 Å². The zero-order valence-corrected chi connectivity index (χ0v) is 10.9. The summed E-state index contributed by atoms with van der Waals surface area (Å²) >= 11 is 0. The molecule has 0 aromatic heterocycles. The highest BCUT2D eigenvalue weighted by atomic mass is 19.1. The van der Waals surface area contributed by atoms with Gasteiger partial charge in [0.2, 0.25) is 5.91 Å². The summed E-state index contributed by atoms with van der Waals surface area (Å²) in [5, 5.41) is 12.9. The number of nitro groups is 1. The third-order valence-electron chi connectivity index (χ3n) is 2.77. The molecule has 6 nitrogen and oxygen atoms in total. The minimum absolute atomic E-state index is 0.405. The molecular formula is C12H15F2N3O3. The standard InChI is InChI=1S/C12H15F2N3O3/c1-7(3-2-4-15)12(18)16-11-9(14)5-8(13)6-10(11)17(19)20/h5-7H,2-4,15H2,1H3,(H,16,18). The maximum Gasteiger partial charge on any atom is 0.298 e. The molecule has 3 N–H and O–H groups in total. The van der Waals surface area contributed by atoms with E-state index in [1.165, 1.54) is 0 Å². The largest absolute Gasteiger partial charge is 0.330 e. The van der Waals surface area contributed by atoms with Gasteiger partial charge in [0.15, 0.2) is 11.5 Å². The van der Waals surface area contributed by atoms with Crippen molar-refractivity contribution in [2.75, 3.05) is 11.9 Å². The highest BCUT2D eigenvalue weighted by Crippen LogP contribution is 2.29. The Bertz CT molecular complexity index is 523. The maximum absolute atomic E-state index is 13.6. The summed E-state index contributed by atoms with van der Waals surface area (Å²) in [5.41, 5.74) is 3.87. The number of rotatable bonds is 6. The molecule has 0 saturated heterocycles. The lowest BCUT2D eigenvalue weighted by atomic mass is 10.0. The number of nitrogens with one attached hydrogen (secondary N) is 1. The predicted molar refractivity (Wildman–Crippen MR) is 69.1 cm³/mol. The molecule has 1 aromatic rings. The molecule has 0 aliphatic rings. The van der Waals surface area contributed by atoms with Crippen molar-refractivity contribution in [3.8, 4) is 0 Å². The average Bonchev–Trinajstić information content (AvgIpc) is 2.38. The molecule has 8 heteroatoms. The van der Waals surface area contributed by atoms with Crippen LogP contribution in [-0.2, 0) is 4.79 Å². The van der Waals surface area contributed by atoms with Gasteiger partial charge in [0.05, 0.1) is 11.0 Å². The summed E-state index contributed by atoms with van der Waals surface area (Å²) in [7, 11) is 0. The van der Waals surface area contributed by atoms with E-state index in [1.54, 1.807) is 6.92 Å². The highest BCUT2D eigenvalue weighted by molar-refractivity contribution is 5.94. The van der Waals surface area contributed by atoms with Gasteiger partial charge in [-0.2, -0.15) is 0 Å². The van der Waals surface area contributed by atoms with E-state index in [1.807, 2.05) is 0 Å². The number of anilines is 1. The molecule has 1 atom stereocenters. The van der Waals surface area contributed by atoms with Gasteiger partial charge in [-0.25, -0.2) is 8.78 Å². The van der Waals surface area contributed by atoms with Gasteiger partial charge in [0, 0.05) is 12.0 Å². The van der Waals surface area contributed by atoms with Gasteiger partial charge in [-0.1, -0.05) is 6.92 Å². The van der Waals surface area contributed by atoms with Gasteiger partial charge in [-0.05, 0) is 19.4 Å². The van der Waals surface area contributed by atoms with Crippen LogP contribution in [0, 0.1) is 27.7 Å². The lowest BCUT2D eigenvalue weighted by Gasteiger charge is -2.12. The molecule has 1 aromatic carbocycles. The summed E-state index contributed by atoms with van der Waals surface area (Å²) in [6, 6.07) is 1.04. The fourth-order valence-corrected chi connectivity index (χ4v) is 1.63. The number of nitro benzene ring substituents is 1. The molecule has 0 heterocycles. The summed E-state index contributed by atoms with van der Waals surface area (Å²) in [5.74, 6) is -3.32. The number of hydrogen-bond acceptors (Lipinski definition) is 4. The minimum atomic E-state index is -1.18. The van der Waals surface area contributed by atoms with E-state index >= 15 is 0 Å². The number of carbonyl (C=O) groups excluding carboxylic acids is 1. The Hall–Kier alpha value is -2.09. The van der Waals surface area contributed by atoms with Crippen LogP contribution < -0.4 is 11.1 Å². The van der Waals surface area contributed by atoms with Crippen LogP contribution in [0.1, 0.15) is 19.8 Å². The van der Waals surface area contributed by atoms with Gasteiger partial charge in [-0.3, -0.25) is 14.9 Å². The molecule has 1 amide bonds. The van der Waals surface area contributed by atoms with Crippen LogP contribution in [0.25, 0.3) is 0 Å². The van der Waals surface area contributed by atoms with E-state index in [-0.39, 0.29) is 0 Å². The van der Waals surface area contributed by atoms with Crippen LogP contribution in [0.15, 0.2) is 12.1 Å². The summed E-state index contributed by atoms with van der Waals surface area (Å²) in [6.07, 6.45) is 1.07. The Kier molecular flexibility index (Phi) is 5.51. The summed E-state index contributed by atoms with van der Waals surface area (Å²) in [4.78, 5) is 21.6. The van der Waals surface area contributed by atoms with E-state index in [0.717, 1.165) is 0 Å². The van der Waals surface area contributed by atoms with Crippen LogP contribution in [0.3, 0.4) is 0 Å². The highest BCUT2D eigenvalue weighted by Gasteiger charge is 2.24. The molecule has 110 valence electrons. The number of hydrogen-bond donors (Lipinski definition) is 2. The second-order valence-corrected chi connectivity index (χ2v) is 4.36. The Balaban J connectivity index is 2.97. The number of nitrogens with two attached hydrogens (primary N) is 1. The topological polar surface area (TPSA) is 98.3 Å². The lowest BCUT2D eigenvalue weighted by molar-refractivity contribution is -0.384. The fourth-order valence-electron chi connectivity index (χ4n) is 1.63. The van der Waals surface area contributed by atoms with Crippen molar-refractivity contribution >= 4 is 17.3 Å². The second-order valence-electron chi connectivity index (χ2n) is 4.36. The SMILES string of the molecule is CC(CCCN)C(=O)Nc1c(F)cc(F)cc1[N+](=O)[O-]. The van der Waals surface area contributed by atoms with Gasteiger partial charge >= 0.3 is 0 Å². The number of halogens is 2. The Labute approximate surface area is 114 Å². The predicted octanol–water partition coefficient (Wildman–Crippen LogP) is 2.19. The molecule has 0 bridgehead atoms. The van der Waals surface area contributed by atoms with Crippen molar-refractivity contribution in [2.24, 2.45) is 11.7 Å². The monoisotopic (exact) mass is 287 g/mol. The molecule has 20 heavy (non-hydrogen) atoms. The number of benzene rings is 1. The van der Waals surface area contributed by atoms with Crippen LogP contribution in [0.5, 0.6) is 0 Å². The van der Waals surface area contributed by atoms with E-state index < -0.39 is 39.8 Å². The van der Waals surface area contributed by atoms with Crippen molar-refractivity contribution in [3.05, 3.63) is 33.9 Å². The number of amides is 1. The summed E-state index contributed by atoms with van der Waals surface area (Å²) in [6.45, 7) is 2.00. The molecule has 0 fully saturated rings. The third kappa shape index (κ3) is 3.95. The molecule has 0 aliphatic carbocycles. The zero-order valence-electron chi connectivity index (χ0n) is 10.9. The Morgan fingerprint density at radius 1 is 1.50 bits per heavy atom. The zero-order chi connectivity index (χ0) is 15.3. The minimum Gasteiger partial charge on any atom is -0.330 e.